The van der Waals surface area contributed by atoms with Crippen LogP contribution in [0.1, 0.15) is 23.5 Å². The van der Waals surface area contributed by atoms with E-state index in [2.05, 4.69) is 25.8 Å². The van der Waals surface area contributed by atoms with Crippen LogP contribution in [0, 0.1) is 6.92 Å². The number of amides is 2. The lowest BCUT2D eigenvalue weighted by atomic mass is 10.2. The Balaban J connectivity index is 1.80. The van der Waals surface area contributed by atoms with Crippen LogP contribution in [0.5, 0.6) is 0 Å². The van der Waals surface area contributed by atoms with Crippen LogP contribution in [0.4, 0.5) is 10.6 Å². The maximum Gasteiger partial charge on any atom is 0.320 e. The van der Waals surface area contributed by atoms with Gasteiger partial charge in [0.1, 0.15) is 0 Å². The first-order valence-electron chi connectivity index (χ1n) is 5.89. The molecule has 0 saturated carbocycles. The van der Waals surface area contributed by atoms with E-state index in [9.17, 15) is 4.79 Å². The summed E-state index contributed by atoms with van der Waals surface area (Å²) in [7, 11) is 0. The van der Waals surface area contributed by atoms with Crippen molar-refractivity contribution in [3.63, 3.8) is 0 Å². The summed E-state index contributed by atoms with van der Waals surface area (Å²) in [6.07, 6.45) is 1.55. The number of thiazole rings is 1. The largest absolute Gasteiger partial charge is 0.337 e. The van der Waals surface area contributed by atoms with Crippen LogP contribution in [0.2, 0.25) is 0 Å². The van der Waals surface area contributed by atoms with Gasteiger partial charge in [0.05, 0.1) is 5.01 Å². The van der Waals surface area contributed by atoms with E-state index in [1.54, 1.807) is 29.7 Å². The normalized spacial score (nSPS) is 11.9. The zero-order valence-corrected chi connectivity index (χ0v) is 11.6. The minimum Gasteiger partial charge on any atom is -0.337 e. The molecule has 2 heterocycles. The number of rotatable bonds is 4. The van der Waals surface area contributed by atoms with E-state index in [-0.39, 0.29) is 11.9 Å². The van der Waals surface area contributed by atoms with Crippen LogP contribution in [-0.4, -0.2) is 27.8 Å². The summed E-state index contributed by atoms with van der Waals surface area (Å²) in [5.74, 6) is 0.615. The molecule has 2 N–H and O–H groups in total. The van der Waals surface area contributed by atoms with Crippen LogP contribution in [0.15, 0.2) is 23.7 Å². The first-order chi connectivity index (χ1) is 9.15. The highest BCUT2D eigenvalue weighted by molar-refractivity contribution is 7.09. The van der Waals surface area contributed by atoms with E-state index in [4.69, 9.17) is 0 Å². The smallest absolute Gasteiger partial charge is 0.320 e. The third-order valence-corrected chi connectivity index (χ3v) is 3.64. The quantitative estimate of drug-likeness (QED) is 0.897. The molecule has 0 aromatic carbocycles. The molecule has 0 aliphatic carbocycles. The van der Waals surface area contributed by atoms with Crippen molar-refractivity contribution >= 4 is 23.2 Å². The fraction of sp³-hybridized carbons (Fsp3) is 0.333. The Labute approximate surface area is 115 Å². The van der Waals surface area contributed by atoms with Gasteiger partial charge in [-0.2, -0.15) is 5.10 Å². The van der Waals surface area contributed by atoms with Crippen molar-refractivity contribution in [1.29, 1.82) is 0 Å². The second-order valence-electron chi connectivity index (χ2n) is 4.17. The molecule has 0 spiro atoms. The van der Waals surface area contributed by atoms with Crippen LogP contribution in [-0.2, 0) is 0 Å². The number of hydrogen-bond donors (Lipinski definition) is 2. The van der Waals surface area contributed by atoms with Gasteiger partial charge in [0.15, 0.2) is 5.82 Å². The molecule has 2 amide bonds. The molecule has 6 nitrogen and oxygen atoms in total. The monoisotopic (exact) mass is 277 g/mol. The molecule has 0 fully saturated rings. The Kier molecular flexibility index (Phi) is 4.40. The van der Waals surface area contributed by atoms with Gasteiger partial charge in [-0.1, -0.05) is 6.92 Å². The summed E-state index contributed by atoms with van der Waals surface area (Å²) in [4.78, 5) is 16.0. The van der Waals surface area contributed by atoms with Gasteiger partial charge in [-0.25, -0.2) is 9.78 Å². The molecule has 19 heavy (non-hydrogen) atoms. The van der Waals surface area contributed by atoms with Gasteiger partial charge in [-0.05, 0) is 19.1 Å². The average Bonchev–Trinajstić information content (AvgIpc) is 2.84. The van der Waals surface area contributed by atoms with Crippen molar-refractivity contribution in [2.75, 3.05) is 11.9 Å². The lowest BCUT2D eigenvalue weighted by Gasteiger charge is -2.10. The minimum atomic E-state index is -0.291. The Morgan fingerprint density at radius 3 is 3.00 bits per heavy atom. The van der Waals surface area contributed by atoms with Gasteiger partial charge in [0, 0.05) is 29.7 Å². The number of urea groups is 1. The highest BCUT2D eigenvalue weighted by atomic mass is 32.1. The standard InChI is InChI=1S/C12H15N5OS/c1-8(11-15-9(2)7-19-11)6-13-12(18)16-10-4-3-5-14-17-10/h3-5,7-8H,6H2,1-2H3,(H2,13,16,17,18)/t8-/m0/s1. The summed E-state index contributed by atoms with van der Waals surface area (Å²) >= 11 is 1.61. The van der Waals surface area contributed by atoms with Gasteiger partial charge in [0.2, 0.25) is 0 Å². The molecule has 7 heteroatoms. The van der Waals surface area contributed by atoms with Crippen molar-refractivity contribution in [3.8, 4) is 0 Å². The molecule has 0 bridgehead atoms. The fourth-order valence-corrected chi connectivity index (χ4v) is 2.32. The Bertz CT molecular complexity index is 542. The van der Waals surface area contributed by atoms with Crippen LogP contribution >= 0.6 is 11.3 Å². The predicted molar refractivity (Wildman–Crippen MR) is 74.3 cm³/mol. The highest BCUT2D eigenvalue weighted by Crippen LogP contribution is 2.18. The van der Waals surface area contributed by atoms with E-state index >= 15 is 0 Å². The molecule has 0 aliphatic rings. The lowest BCUT2D eigenvalue weighted by Crippen LogP contribution is -2.32. The highest BCUT2D eigenvalue weighted by Gasteiger charge is 2.11. The van der Waals surface area contributed by atoms with Gasteiger partial charge in [0.25, 0.3) is 0 Å². The number of carbonyl (C=O) groups is 1. The molecule has 1 atom stereocenters. The Morgan fingerprint density at radius 1 is 1.53 bits per heavy atom. The van der Waals surface area contributed by atoms with Gasteiger partial charge >= 0.3 is 6.03 Å². The number of nitrogens with zero attached hydrogens (tertiary/aromatic N) is 3. The SMILES string of the molecule is Cc1csc([C@@H](C)CNC(=O)Nc2cccnn2)n1. The Morgan fingerprint density at radius 2 is 2.37 bits per heavy atom. The van der Waals surface area contributed by atoms with Crippen molar-refractivity contribution in [2.45, 2.75) is 19.8 Å². The number of aromatic nitrogens is 3. The second kappa shape index (κ2) is 6.24. The number of nitrogens with one attached hydrogen (secondary N) is 2. The van der Waals surface area contributed by atoms with E-state index in [0.29, 0.717) is 12.4 Å². The third-order valence-electron chi connectivity index (χ3n) is 2.44. The first kappa shape index (κ1) is 13.4. The second-order valence-corrected chi connectivity index (χ2v) is 5.06. The summed E-state index contributed by atoms with van der Waals surface area (Å²) in [6.45, 7) is 4.51. The molecule has 2 aromatic rings. The van der Waals surface area contributed by atoms with E-state index in [1.807, 2.05) is 19.2 Å². The maximum atomic E-state index is 11.6. The summed E-state index contributed by atoms with van der Waals surface area (Å²) < 4.78 is 0. The molecule has 2 aromatic heterocycles. The molecular weight excluding hydrogens is 262 g/mol. The van der Waals surface area contributed by atoms with Crippen molar-refractivity contribution < 1.29 is 4.79 Å². The molecule has 2 rings (SSSR count). The summed E-state index contributed by atoms with van der Waals surface area (Å²) in [5, 5.41) is 15.9. The zero-order chi connectivity index (χ0) is 13.7. The number of hydrogen-bond acceptors (Lipinski definition) is 5. The molecule has 100 valence electrons. The fourth-order valence-electron chi connectivity index (χ4n) is 1.46. The average molecular weight is 277 g/mol. The molecule has 0 aliphatic heterocycles. The van der Waals surface area contributed by atoms with Crippen LogP contribution < -0.4 is 10.6 Å². The van der Waals surface area contributed by atoms with E-state index in [1.165, 1.54) is 0 Å². The van der Waals surface area contributed by atoms with Crippen LogP contribution in [0.3, 0.4) is 0 Å². The van der Waals surface area contributed by atoms with Gasteiger partial charge < -0.3 is 5.32 Å². The topological polar surface area (TPSA) is 79.8 Å². The summed E-state index contributed by atoms with van der Waals surface area (Å²) in [5.41, 5.74) is 1.01. The van der Waals surface area contributed by atoms with Crippen LogP contribution in [0.25, 0.3) is 0 Å². The summed E-state index contributed by atoms with van der Waals surface area (Å²) in [6, 6.07) is 3.10. The van der Waals surface area contributed by atoms with Gasteiger partial charge in [-0.15, -0.1) is 16.4 Å². The van der Waals surface area contributed by atoms with E-state index in [0.717, 1.165) is 10.7 Å². The minimum absolute atomic E-state index is 0.186. The maximum absolute atomic E-state index is 11.6. The molecule has 0 radical (unpaired) electrons. The first-order valence-corrected chi connectivity index (χ1v) is 6.77. The lowest BCUT2D eigenvalue weighted by molar-refractivity contribution is 0.251. The van der Waals surface area contributed by atoms with E-state index < -0.39 is 0 Å². The molecule has 0 saturated heterocycles. The predicted octanol–water partition coefficient (Wildman–Crippen LogP) is 2.17. The van der Waals surface area contributed by atoms with Crippen molar-refractivity contribution in [3.05, 3.63) is 34.4 Å². The zero-order valence-electron chi connectivity index (χ0n) is 10.8. The Hall–Kier alpha value is -2.02. The van der Waals surface area contributed by atoms with Crippen molar-refractivity contribution in [1.82, 2.24) is 20.5 Å². The number of carbonyl (C=O) groups excluding carboxylic acids is 1. The molecular formula is C12H15N5OS. The third kappa shape index (κ3) is 3.99. The number of anilines is 1. The van der Waals surface area contributed by atoms with Crippen molar-refractivity contribution in [2.24, 2.45) is 0 Å². The number of aryl methyl sites for hydroxylation is 1. The van der Waals surface area contributed by atoms with Gasteiger partial charge in [-0.3, -0.25) is 5.32 Å². The molecule has 0 unspecified atom stereocenters.